The number of fused-ring (bicyclic) bond motifs is 2. The van der Waals surface area contributed by atoms with E-state index in [0.29, 0.717) is 17.1 Å². The first kappa shape index (κ1) is 21.4. The molecule has 2 aliphatic rings. The molecule has 3 heterocycles. The van der Waals surface area contributed by atoms with Gasteiger partial charge < -0.3 is 15.4 Å². The molecule has 0 saturated carbocycles. The highest BCUT2D eigenvalue weighted by Gasteiger charge is 2.33. The maximum absolute atomic E-state index is 12.4. The predicted molar refractivity (Wildman–Crippen MR) is 135 cm³/mol. The molecule has 0 radical (unpaired) electrons. The van der Waals surface area contributed by atoms with Crippen molar-refractivity contribution in [3.05, 3.63) is 94.0 Å². The molecule has 0 aliphatic carbocycles. The number of benzene rings is 3. The van der Waals surface area contributed by atoms with Crippen LogP contribution in [0.3, 0.4) is 0 Å². The molecule has 3 aromatic carbocycles. The van der Waals surface area contributed by atoms with Crippen LogP contribution in [-0.2, 0) is 18.7 Å². The van der Waals surface area contributed by atoms with Crippen molar-refractivity contribution >= 4 is 28.4 Å². The van der Waals surface area contributed by atoms with Gasteiger partial charge in [0.25, 0.3) is 5.91 Å². The van der Waals surface area contributed by atoms with E-state index in [4.69, 9.17) is 11.6 Å². The number of carbonyl (C=O) groups excluding carboxylic acids is 1. The molecule has 1 amide bonds. The summed E-state index contributed by atoms with van der Waals surface area (Å²) in [6.45, 7) is 3.03. The zero-order chi connectivity index (χ0) is 23.3. The van der Waals surface area contributed by atoms with Crippen molar-refractivity contribution in [3.8, 4) is 11.3 Å². The van der Waals surface area contributed by atoms with Gasteiger partial charge in [-0.2, -0.15) is 0 Å². The first-order valence-electron chi connectivity index (χ1n) is 11.7. The monoisotopic (exact) mass is 471 g/mol. The number of amides is 1. The highest BCUT2D eigenvalue weighted by atomic mass is 35.5. The number of halogens is 1. The number of piperidine rings is 1. The van der Waals surface area contributed by atoms with E-state index in [9.17, 15) is 9.90 Å². The third kappa shape index (κ3) is 3.70. The molecule has 1 fully saturated rings. The highest BCUT2D eigenvalue weighted by Crippen LogP contribution is 2.36. The lowest BCUT2D eigenvalue weighted by Gasteiger charge is -2.38. The van der Waals surface area contributed by atoms with Crippen LogP contribution in [-0.4, -0.2) is 34.0 Å². The molecule has 6 rings (SSSR count). The Balaban J connectivity index is 1.21. The number of likely N-dealkylation sites (tertiary alicyclic amines) is 1. The fraction of sp³-hybridized carbons (Fsp3) is 0.250. The molecule has 34 heavy (non-hydrogen) atoms. The van der Waals surface area contributed by atoms with Crippen LogP contribution in [0.25, 0.3) is 22.2 Å². The summed E-state index contributed by atoms with van der Waals surface area (Å²) in [5.74, 6) is -0.0765. The van der Waals surface area contributed by atoms with Crippen LogP contribution in [0.2, 0.25) is 5.02 Å². The molecule has 1 aromatic heterocycles. The van der Waals surface area contributed by atoms with E-state index < -0.39 is 5.60 Å². The summed E-state index contributed by atoms with van der Waals surface area (Å²) in [5.41, 5.74) is 5.88. The first-order valence-corrected chi connectivity index (χ1v) is 12.1. The summed E-state index contributed by atoms with van der Waals surface area (Å²) in [7, 11) is 0. The fourth-order valence-corrected chi connectivity index (χ4v) is 5.56. The molecular weight excluding hydrogens is 446 g/mol. The van der Waals surface area contributed by atoms with Gasteiger partial charge in [-0.1, -0.05) is 54.1 Å². The van der Waals surface area contributed by atoms with Crippen LogP contribution >= 0.6 is 11.6 Å². The SMILES string of the molecule is O=C1NCc2c(Cl)ccc(-c3cc4cc(CN5CCC(O)(c6ccccc6)CC5)ccc4[nH]3)c21. The second-order valence-corrected chi connectivity index (χ2v) is 9.82. The molecule has 0 spiro atoms. The molecule has 4 aromatic rings. The number of rotatable bonds is 4. The molecule has 0 unspecified atom stereocenters. The number of nitrogens with zero attached hydrogens (tertiary/aromatic N) is 1. The summed E-state index contributed by atoms with van der Waals surface area (Å²) in [6.07, 6.45) is 1.47. The van der Waals surface area contributed by atoms with E-state index in [1.807, 2.05) is 42.5 Å². The molecule has 5 nitrogen and oxygen atoms in total. The third-order valence-electron chi connectivity index (χ3n) is 7.28. The van der Waals surface area contributed by atoms with Crippen molar-refractivity contribution < 1.29 is 9.90 Å². The standard InChI is InChI=1S/C28H26ClN3O2/c29-23-8-7-21(26-22(23)16-30-27(26)33)25-15-19-14-18(6-9-24(19)31-25)17-32-12-10-28(34,11-13-32)20-4-2-1-3-5-20/h1-9,14-15,31,34H,10-13,16-17H2,(H,30,33). The van der Waals surface area contributed by atoms with Crippen LogP contribution in [0.15, 0.2) is 66.7 Å². The van der Waals surface area contributed by atoms with Gasteiger partial charge in [0, 0.05) is 58.9 Å². The number of hydrogen-bond acceptors (Lipinski definition) is 3. The number of hydrogen-bond donors (Lipinski definition) is 3. The van der Waals surface area contributed by atoms with E-state index in [1.54, 1.807) is 0 Å². The largest absolute Gasteiger partial charge is 0.385 e. The molecule has 0 atom stereocenters. The van der Waals surface area contributed by atoms with Crippen molar-refractivity contribution in [1.82, 2.24) is 15.2 Å². The van der Waals surface area contributed by atoms with Gasteiger partial charge in [-0.05, 0) is 48.2 Å². The van der Waals surface area contributed by atoms with E-state index in [-0.39, 0.29) is 5.91 Å². The van der Waals surface area contributed by atoms with Crippen LogP contribution < -0.4 is 5.32 Å². The van der Waals surface area contributed by atoms with Gasteiger partial charge in [-0.25, -0.2) is 0 Å². The zero-order valence-corrected chi connectivity index (χ0v) is 19.5. The number of aromatic amines is 1. The smallest absolute Gasteiger partial charge is 0.252 e. The van der Waals surface area contributed by atoms with E-state index in [2.05, 4.69) is 39.5 Å². The Bertz CT molecular complexity index is 1390. The minimum absolute atomic E-state index is 0.0765. The fourth-order valence-electron chi connectivity index (χ4n) is 5.34. The maximum atomic E-state index is 12.4. The topological polar surface area (TPSA) is 68.4 Å². The molecular formula is C28H26ClN3O2. The minimum Gasteiger partial charge on any atom is -0.385 e. The summed E-state index contributed by atoms with van der Waals surface area (Å²) < 4.78 is 0. The van der Waals surface area contributed by atoms with Crippen LogP contribution in [0, 0.1) is 0 Å². The van der Waals surface area contributed by atoms with Crippen LogP contribution in [0.4, 0.5) is 0 Å². The Labute approximate surface area is 203 Å². The average Bonchev–Trinajstić information content (AvgIpc) is 3.46. The van der Waals surface area contributed by atoms with Gasteiger partial charge in [0.15, 0.2) is 0 Å². The molecule has 2 aliphatic heterocycles. The van der Waals surface area contributed by atoms with Crippen molar-refractivity contribution in [2.75, 3.05) is 13.1 Å². The van der Waals surface area contributed by atoms with E-state index >= 15 is 0 Å². The van der Waals surface area contributed by atoms with Gasteiger partial charge in [-0.3, -0.25) is 9.69 Å². The van der Waals surface area contributed by atoms with Gasteiger partial charge in [0.05, 0.1) is 11.2 Å². The van der Waals surface area contributed by atoms with Crippen molar-refractivity contribution in [1.29, 1.82) is 0 Å². The minimum atomic E-state index is -0.734. The lowest BCUT2D eigenvalue weighted by molar-refractivity contribution is -0.0277. The van der Waals surface area contributed by atoms with Gasteiger partial charge in [-0.15, -0.1) is 0 Å². The second kappa shape index (κ2) is 8.27. The lowest BCUT2D eigenvalue weighted by Crippen LogP contribution is -2.42. The van der Waals surface area contributed by atoms with Gasteiger partial charge >= 0.3 is 0 Å². The van der Waals surface area contributed by atoms with Crippen LogP contribution in [0.5, 0.6) is 0 Å². The van der Waals surface area contributed by atoms with Gasteiger partial charge in [0.2, 0.25) is 0 Å². The summed E-state index contributed by atoms with van der Waals surface area (Å²) in [5, 5.41) is 15.7. The molecule has 3 N–H and O–H groups in total. The molecule has 6 heteroatoms. The summed E-state index contributed by atoms with van der Waals surface area (Å²) in [4.78, 5) is 18.3. The lowest BCUT2D eigenvalue weighted by atomic mass is 9.84. The highest BCUT2D eigenvalue weighted by molar-refractivity contribution is 6.32. The number of aromatic nitrogens is 1. The Morgan fingerprint density at radius 1 is 1.00 bits per heavy atom. The number of aliphatic hydroxyl groups is 1. The van der Waals surface area contributed by atoms with E-state index in [1.165, 1.54) is 5.56 Å². The van der Waals surface area contributed by atoms with Crippen molar-refractivity contribution in [2.45, 2.75) is 31.5 Å². The maximum Gasteiger partial charge on any atom is 0.252 e. The molecule has 172 valence electrons. The number of H-pyrrole nitrogens is 1. The van der Waals surface area contributed by atoms with Crippen molar-refractivity contribution in [3.63, 3.8) is 0 Å². The Kier molecular flexibility index (Phi) is 5.21. The normalized spacial score (nSPS) is 17.6. The Morgan fingerprint density at radius 2 is 1.79 bits per heavy atom. The number of nitrogens with one attached hydrogen (secondary N) is 2. The van der Waals surface area contributed by atoms with Crippen molar-refractivity contribution in [2.24, 2.45) is 0 Å². The van der Waals surface area contributed by atoms with Crippen LogP contribution in [0.1, 0.15) is 39.9 Å². The number of carbonyl (C=O) groups is 1. The Hall–Kier alpha value is -3.12. The second-order valence-electron chi connectivity index (χ2n) is 9.41. The predicted octanol–water partition coefficient (Wildman–Crippen LogP) is 5.22. The Morgan fingerprint density at radius 3 is 2.59 bits per heavy atom. The molecule has 1 saturated heterocycles. The summed E-state index contributed by atoms with van der Waals surface area (Å²) >= 11 is 6.32. The first-order chi connectivity index (χ1) is 16.5. The van der Waals surface area contributed by atoms with Gasteiger partial charge in [0.1, 0.15) is 0 Å². The zero-order valence-electron chi connectivity index (χ0n) is 18.8. The average molecular weight is 472 g/mol. The summed E-state index contributed by atoms with van der Waals surface area (Å²) in [6, 6.07) is 22.4. The molecule has 0 bridgehead atoms. The quantitative estimate of drug-likeness (QED) is 0.382. The van der Waals surface area contributed by atoms with E-state index in [0.717, 1.165) is 65.8 Å². The third-order valence-corrected chi connectivity index (χ3v) is 7.64.